The van der Waals surface area contributed by atoms with E-state index < -0.39 is 0 Å². The molecule has 10 heavy (non-hydrogen) atoms. The van der Waals surface area contributed by atoms with E-state index in [2.05, 4.69) is 4.98 Å². The van der Waals surface area contributed by atoms with Crippen molar-refractivity contribution in [1.29, 1.82) is 0 Å². The van der Waals surface area contributed by atoms with Crippen LogP contribution in [0, 0.1) is 0 Å². The third kappa shape index (κ3) is 0.675. The maximum Gasteiger partial charge on any atom is 0.225 e. The van der Waals surface area contributed by atoms with Crippen molar-refractivity contribution in [1.82, 2.24) is 4.98 Å². The van der Waals surface area contributed by atoms with Gasteiger partial charge in [-0.15, -0.1) is 0 Å². The zero-order chi connectivity index (χ0) is 6.97. The number of para-hydroxylation sites is 2. The second-order valence-corrected chi connectivity index (χ2v) is 2.51. The Balaban J connectivity index is 2.93. The first kappa shape index (κ1) is 5.68. The molecule has 2 rings (SSSR count). The number of rotatable bonds is 0. The second-order valence-electron chi connectivity index (χ2n) is 2.12. The van der Waals surface area contributed by atoms with Gasteiger partial charge in [0.05, 0.1) is 0 Å². The Morgan fingerprint density at radius 1 is 1.30 bits per heavy atom. The summed E-state index contributed by atoms with van der Waals surface area (Å²) in [4.78, 5) is 3.05. The number of nitrogens with one attached hydrogen (secondary N) is 1. The minimum Gasteiger partial charge on any atom is -0.554 e. The van der Waals surface area contributed by atoms with Crippen molar-refractivity contribution in [3.8, 4) is 0 Å². The molecular formula is C7H6N2S. The molecule has 1 aromatic carbocycles. The number of fused-ring (bicyclic) bond motifs is 1. The highest BCUT2D eigenvalue weighted by Gasteiger charge is 1.97. The first-order valence-corrected chi connectivity index (χ1v) is 3.40. The van der Waals surface area contributed by atoms with Gasteiger partial charge in [0.1, 0.15) is 0 Å². The van der Waals surface area contributed by atoms with Crippen molar-refractivity contribution in [2.75, 3.05) is 0 Å². The van der Waals surface area contributed by atoms with E-state index in [1.165, 1.54) is 0 Å². The molecule has 1 heterocycles. The highest BCUT2D eigenvalue weighted by Crippen LogP contribution is 2.03. The number of benzene rings is 1. The number of aromatic nitrogens is 2. The van der Waals surface area contributed by atoms with Gasteiger partial charge < -0.3 is 16.8 Å². The smallest absolute Gasteiger partial charge is 0.225 e. The Morgan fingerprint density at radius 2 is 2.10 bits per heavy atom. The first-order valence-electron chi connectivity index (χ1n) is 3.03. The molecule has 0 aliphatic carbocycles. The molecule has 0 bridgehead atoms. The van der Waals surface area contributed by atoms with Gasteiger partial charge in [-0.3, -0.25) is 0 Å². The average Bonchev–Trinajstić information content (AvgIpc) is 2.34. The summed E-state index contributed by atoms with van der Waals surface area (Å²) < 4.78 is 1.65. The number of aromatic amines is 1. The van der Waals surface area contributed by atoms with Crippen LogP contribution >= 0.6 is 0 Å². The second kappa shape index (κ2) is 1.95. The summed E-state index contributed by atoms with van der Waals surface area (Å²) >= 11 is 4.97. The van der Waals surface area contributed by atoms with Gasteiger partial charge in [0.15, 0.2) is 11.0 Å². The summed E-state index contributed by atoms with van der Waals surface area (Å²) in [5.41, 5.74) is 2.13. The molecule has 0 atom stereocenters. The summed E-state index contributed by atoms with van der Waals surface area (Å²) in [6.45, 7) is 0. The number of imidazole rings is 1. The van der Waals surface area contributed by atoms with Gasteiger partial charge in [-0.2, -0.15) is 0 Å². The van der Waals surface area contributed by atoms with Crippen LogP contribution in [0.1, 0.15) is 0 Å². The fourth-order valence-corrected chi connectivity index (χ4v) is 1.20. The molecule has 3 heteroatoms. The summed E-state index contributed by atoms with van der Waals surface area (Å²) in [5.74, 6) is 0. The molecule has 1 aromatic heterocycles. The highest BCUT2D eigenvalue weighted by molar-refractivity contribution is 7.51. The van der Waals surface area contributed by atoms with Crippen LogP contribution in [0.2, 0.25) is 0 Å². The normalized spacial score (nSPS) is 10.4. The third-order valence-corrected chi connectivity index (χ3v) is 1.78. The Kier molecular flexibility index (Phi) is 1.11. The predicted molar refractivity (Wildman–Crippen MR) is 41.3 cm³/mol. The average molecular weight is 150 g/mol. The Labute approximate surface area is 64.0 Å². The molecule has 0 fully saturated rings. The fourth-order valence-electron chi connectivity index (χ4n) is 0.986. The van der Waals surface area contributed by atoms with Crippen LogP contribution < -0.4 is 3.97 Å². The third-order valence-electron chi connectivity index (χ3n) is 1.48. The van der Waals surface area contributed by atoms with E-state index in [4.69, 9.17) is 12.8 Å². The molecule has 0 spiro atoms. The van der Waals surface area contributed by atoms with Crippen LogP contribution in [0.3, 0.4) is 0 Å². The van der Waals surface area contributed by atoms with Crippen LogP contribution in [0.15, 0.2) is 30.6 Å². The van der Waals surface area contributed by atoms with Gasteiger partial charge in [-0.25, -0.2) is 4.98 Å². The van der Waals surface area contributed by atoms with E-state index >= 15 is 0 Å². The monoisotopic (exact) mass is 150 g/mol. The molecule has 2 nitrogen and oxygen atoms in total. The van der Waals surface area contributed by atoms with Crippen LogP contribution in [-0.4, -0.2) is 4.98 Å². The first-order chi connectivity index (χ1) is 4.88. The lowest BCUT2D eigenvalue weighted by Crippen LogP contribution is -2.22. The lowest BCUT2D eigenvalue weighted by molar-refractivity contribution is -0.461. The number of H-pyrrole nitrogens is 1. The maximum absolute atomic E-state index is 4.97. The van der Waals surface area contributed by atoms with Crippen molar-refractivity contribution < 1.29 is 3.97 Å². The van der Waals surface area contributed by atoms with Crippen LogP contribution in [-0.2, 0) is 12.8 Å². The van der Waals surface area contributed by atoms with Crippen LogP contribution in [0.25, 0.3) is 11.0 Å². The van der Waals surface area contributed by atoms with Crippen molar-refractivity contribution in [2.24, 2.45) is 0 Å². The van der Waals surface area contributed by atoms with E-state index in [0.29, 0.717) is 0 Å². The van der Waals surface area contributed by atoms with E-state index in [1.54, 1.807) is 10.3 Å². The highest BCUT2D eigenvalue weighted by atomic mass is 32.1. The zero-order valence-corrected chi connectivity index (χ0v) is 6.06. The molecule has 0 radical (unpaired) electrons. The summed E-state index contributed by atoms with van der Waals surface area (Å²) in [6, 6.07) is 7.93. The molecular weight excluding hydrogens is 144 g/mol. The molecule has 0 saturated carbocycles. The lowest BCUT2D eigenvalue weighted by atomic mass is 10.3. The molecule has 0 unspecified atom stereocenters. The number of hydrogen-bond acceptors (Lipinski definition) is 1. The molecule has 0 amide bonds. The predicted octanol–water partition coefficient (Wildman–Crippen LogP) is 0.765. The van der Waals surface area contributed by atoms with Gasteiger partial charge in [0.25, 0.3) is 0 Å². The van der Waals surface area contributed by atoms with Gasteiger partial charge in [-0.05, 0) is 12.1 Å². The molecule has 1 N–H and O–H groups in total. The SMILES string of the molecule is [S-][n+]1c[nH]c2ccccc21. The topological polar surface area (TPSA) is 19.7 Å². The molecule has 0 aliphatic rings. The molecule has 0 saturated heterocycles. The molecule has 50 valence electrons. The Bertz CT molecular complexity index is 353. The fraction of sp³-hybridized carbons (Fsp3) is 0. The Morgan fingerprint density at radius 3 is 2.90 bits per heavy atom. The van der Waals surface area contributed by atoms with Crippen molar-refractivity contribution in [3.05, 3.63) is 30.6 Å². The lowest BCUT2D eigenvalue weighted by Gasteiger charge is -1.94. The van der Waals surface area contributed by atoms with Crippen LogP contribution in [0.5, 0.6) is 0 Å². The summed E-state index contributed by atoms with van der Waals surface area (Å²) in [7, 11) is 0. The van der Waals surface area contributed by atoms with Gasteiger partial charge in [0, 0.05) is 0 Å². The van der Waals surface area contributed by atoms with Crippen LogP contribution in [0.4, 0.5) is 0 Å². The van der Waals surface area contributed by atoms with Gasteiger partial charge >= 0.3 is 0 Å². The van der Waals surface area contributed by atoms with E-state index in [9.17, 15) is 0 Å². The molecule has 0 aliphatic heterocycles. The number of nitrogens with zero attached hydrogens (tertiary/aromatic N) is 1. The quantitative estimate of drug-likeness (QED) is 0.434. The van der Waals surface area contributed by atoms with Gasteiger partial charge in [0.2, 0.25) is 6.33 Å². The zero-order valence-electron chi connectivity index (χ0n) is 5.24. The molecule has 2 aromatic rings. The van der Waals surface area contributed by atoms with E-state index in [1.807, 2.05) is 24.3 Å². The minimum atomic E-state index is 1.05. The van der Waals surface area contributed by atoms with Crippen molar-refractivity contribution in [2.45, 2.75) is 0 Å². The van der Waals surface area contributed by atoms with Crippen molar-refractivity contribution >= 4 is 23.8 Å². The maximum atomic E-state index is 4.97. The van der Waals surface area contributed by atoms with E-state index in [0.717, 1.165) is 11.0 Å². The summed E-state index contributed by atoms with van der Waals surface area (Å²) in [6.07, 6.45) is 1.76. The summed E-state index contributed by atoms with van der Waals surface area (Å²) in [5, 5.41) is 0. The Hall–Kier alpha value is -1.09. The largest absolute Gasteiger partial charge is 0.554 e. The minimum absolute atomic E-state index is 1.05. The standard InChI is InChI=1S/C7H6N2S/c10-9-5-8-6-3-1-2-4-7(6)9/h1-5,8H. The number of hydrogen-bond donors (Lipinski definition) is 1. The van der Waals surface area contributed by atoms with Gasteiger partial charge in [-0.1, -0.05) is 12.1 Å². The van der Waals surface area contributed by atoms with E-state index in [-0.39, 0.29) is 0 Å². The van der Waals surface area contributed by atoms with Crippen molar-refractivity contribution in [3.63, 3.8) is 0 Å².